The van der Waals surface area contributed by atoms with Gasteiger partial charge in [-0.05, 0) is 43.7 Å². The summed E-state index contributed by atoms with van der Waals surface area (Å²) in [6, 6.07) is 25.9. The van der Waals surface area contributed by atoms with Crippen molar-refractivity contribution in [2.75, 3.05) is 11.1 Å². The lowest BCUT2D eigenvalue weighted by Crippen LogP contribution is -2.14. The summed E-state index contributed by atoms with van der Waals surface area (Å²) in [5.74, 6) is 0.915. The fourth-order valence-electron chi connectivity index (χ4n) is 3.10. The monoisotopic (exact) mass is 414 g/mol. The van der Waals surface area contributed by atoms with Crippen LogP contribution in [-0.4, -0.2) is 26.4 Å². The summed E-state index contributed by atoms with van der Waals surface area (Å²) in [4.78, 5) is 12.5. The molecule has 1 N–H and O–H groups in total. The van der Waals surface area contributed by atoms with Crippen molar-refractivity contribution in [3.63, 3.8) is 0 Å². The van der Waals surface area contributed by atoms with Crippen LogP contribution in [0.1, 0.15) is 11.1 Å². The number of amides is 1. The number of hydrogen-bond donors (Lipinski definition) is 1. The van der Waals surface area contributed by atoms with Gasteiger partial charge in [0.05, 0.1) is 5.75 Å². The van der Waals surface area contributed by atoms with Crippen LogP contribution in [0.25, 0.3) is 17.1 Å². The predicted octanol–water partition coefficient (Wildman–Crippen LogP) is 5.28. The molecule has 1 heterocycles. The molecule has 0 aliphatic carbocycles. The molecule has 0 spiro atoms. The molecule has 6 heteroatoms. The van der Waals surface area contributed by atoms with Gasteiger partial charge >= 0.3 is 0 Å². The Morgan fingerprint density at radius 3 is 2.40 bits per heavy atom. The smallest absolute Gasteiger partial charge is 0.234 e. The fourth-order valence-corrected chi connectivity index (χ4v) is 3.85. The number of anilines is 1. The molecule has 0 aliphatic heterocycles. The first-order chi connectivity index (χ1) is 14.6. The molecule has 0 fully saturated rings. The number of nitrogens with one attached hydrogen (secondary N) is 1. The van der Waals surface area contributed by atoms with Gasteiger partial charge in [-0.15, -0.1) is 10.2 Å². The second kappa shape index (κ2) is 8.97. The van der Waals surface area contributed by atoms with Gasteiger partial charge < -0.3 is 5.32 Å². The Bertz CT molecular complexity index is 1150. The van der Waals surface area contributed by atoms with E-state index in [1.807, 2.05) is 78.2 Å². The Morgan fingerprint density at radius 1 is 0.900 bits per heavy atom. The van der Waals surface area contributed by atoms with E-state index in [0.29, 0.717) is 5.16 Å². The summed E-state index contributed by atoms with van der Waals surface area (Å²) in [5.41, 5.74) is 5.04. The van der Waals surface area contributed by atoms with E-state index in [0.717, 1.165) is 33.9 Å². The third-order valence-electron chi connectivity index (χ3n) is 4.59. The van der Waals surface area contributed by atoms with Crippen LogP contribution < -0.4 is 5.32 Å². The van der Waals surface area contributed by atoms with Gasteiger partial charge in [-0.1, -0.05) is 71.9 Å². The zero-order valence-corrected chi connectivity index (χ0v) is 17.7. The van der Waals surface area contributed by atoms with E-state index in [2.05, 4.69) is 34.6 Å². The van der Waals surface area contributed by atoms with Crippen LogP contribution in [0.5, 0.6) is 0 Å². The van der Waals surface area contributed by atoms with Gasteiger partial charge in [-0.3, -0.25) is 9.36 Å². The Labute approximate surface area is 180 Å². The van der Waals surface area contributed by atoms with Crippen LogP contribution in [0.3, 0.4) is 0 Å². The average Bonchev–Trinajstić information content (AvgIpc) is 3.19. The Kier molecular flexibility index (Phi) is 5.95. The van der Waals surface area contributed by atoms with Gasteiger partial charge in [-0.25, -0.2) is 0 Å². The lowest BCUT2D eigenvalue weighted by molar-refractivity contribution is -0.113. The van der Waals surface area contributed by atoms with E-state index in [4.69, 9.17) is 0 Å². The molecule has 0 saturated heterocycles. The van der Waals surface area contributed by atoms with Crippen LogP contribution in [0.15, 0.2) is 84.0 Å². The molecule has 0 aliphatic rings. The molecule has 150 valence electrons. The van der Waals surface area contributed by atoms with Crippen molar-refractivity contribution in [3.05, 3.63) is 90.0 Å². The number of aromatic nitrogens is 3. The van der Waals surface area contributed by atoms with Gasteiger partial charge in [0, 0.05) is 16.9 Å². The number of hydrogen-bond acceptors (Lipinski definition) is 4. The fraction of sp³-hybridized carbons (Fsp3) is 0.125. The zero-order valence-electron chi connectivity index (χ0n) is 16.9. The van der Waals surface area contributed by atoms with Crippen molar-refractivity contribution in [2.45, 2.75) is 19.0 Å². The van der Waals surface area contributed by atoms with E-state index >= 15 is 0 Å². The highest BCUT2D eigenvalue weighted by Gasteiger charge is 2.17. The summed E-state index contributed by atoms with van der Waals surface area (Å²) in [5, 5.41) is 12.4. The Balaban J connectivity index is 1.59. The van der Waals surface area contributed by atoms with Crippen LogP contribution in [0.4, 0.5) is 5.69 Å². The van der Waals surface area contributed by atoms with Crippen molar-refractivity contribution < 1.29 is 4.79 Å². The van der Waals surface area contributed by atoms with Gasteiger partial charge in [0.15, 0.2) is 11.0 Å². The molecule has 0 bridgehead atoms. The van der Waals surface area contributed by atoms with Gasteiger partial charge in [0.1, 0.15) is 0 Å². The van der Waals surface area contributed by atoms with Crippen molar-refractivity contribution in [1.82, 2.24) is 14.8 Å². The van der Waals surface area contributed by atoms with Crippen molar-refractivity contribution >= 4 is 23.4 Å². The molecule has 4 rings (SSSR count). The lowest BCUT2D eigenvalue weighted by Gasteiger charge is -2.11. The third-order valence-corrected chi connectivity index (χ3v) is 5.52. The topological polar surface area (TPSA) is 59.8 Å². The van der Waals surface area contributed by atoms with Crippen LogP contribution in [0, 0.1) is 13.8 Å². The third kappa shape index (κ3) is 4.60. The van der Waals surface area contributed by atoms with Gasteiger partial charge in [-0.2, -0.15) is 0 Å². The summed E-state index contributed by atoms with van der Waals surface area (Å²) in [7, 11) is 0. The normalized spacial score (nSPS) is 10.7. The predicted molar refractivity (Wildman–Crippen MR) is 122 cm³/mol. The molecule has 0 radical (unpaired) electrons. The minimum absolute atomic E-state index is 0.0797. The number of aryl methyl sites for hydroxylation is 2. The van der Waals surface area contributed by atoms with Crippen molar-refractivity contribution in [3.8, 4) is 17.1 Å². The van der Waals surface area contributed by atoms with Crippen molar-refractivity contribution in [2.24, 2.45) is 0 Å². The lowest BCUT2D eigenvalue weighted by atomic mass is 10.2. The quantitative estimate of drug-likeness (QED) is 0.436. The molecule has 3 aromatic carbocycles. The molecule has 4 aromatic rings. The molecule has 5 nitrogen and oxygen atoms in total. The number of rotatable bonds is 6. The first-order valence-electron chi connectivity index (χ1n) is 9.67. The molecular formula is C24H22N4OS. The highest BCUT2D eigenvalue weighted by atomic mass is 32.2. The Hall–Kier alpha value is -3.38. The van der Waals surface area contributed by atoms with Crippen molar-refractivity contribution in [1.29, 1.82) is 0 Å². The zero-order chi connectivity index (χ0) is 20.9. The molecule has 0 unspecified atom stereocenters. The first kappa shape index (κ1) is 19.9. The number of benzene rings is 3. The summed E-state index contributed by atoms with van der Waals surface area (Å²) in [6.07, 6.45) is 0. The maximum atomic E-state index is 12.5. The molecule has 0 atom stereocenters. The number of carbonyl (C=O) groups excluding carboxylic acids is 1. The maximum Gasteiger partial charge on any atom is 0.234 e. The van der Waals surface area contributed by atoms with E-state index in [-0.39, 0.29) is 11.7 Å². The van der Waals surface area contributed by atoms with E-state index in [1.165, 1.54) is 11.8 Å². The first-order valence-corrected chi connectivity index (χ1v) is 10.7. The average molecular weight is 415 g/mol. The minimum atomic E-state index is -0.0797. The molecular weight excluding hydrogens is 392 g/mol. The molecule has 1 aromatic heterocycles. The largest absolute Gasteiger partial charge is 0.325 e. The summed E-state index contributed by atoms with van der Waals surface area (Å²) in [6.45, 7) is 4.07. The van der Waals surface area contributed by atoms with E-state index in [1.54, 1.807) is 0 Å². The van der Waals surface area contributed by atoms with Crippen LogP contribution in [-0.2, 0) is 4.79 Å². The number of thioether (sulfide) groups is 1. The molecule has 0 saturated carbocycles. The van der Waals surface area contributed by atoms with Crippen LogP contribution in [0.2, 0.25) is 0 Å². The molecule has 30 heavy (non-hydrogen) atoms. The highest BCUT2D eigenvalue weighted by molar-refractivity contribution is 7.99. The Morgan fingerprint density at radius 2 is 1.67 bits per heavy atom. The van der Waals surface area contributed by atoms with Gasteiger partial charge in [0.25, 0.3) is 0 Å². The second-order valence-corrected chi connectivity index (χ2v) is 7.99. The highest BCUT2D eigenvalue weighted by Crippen LogP contribution is 2.28. The summed E-state index contributed by atoms with van der Waals surface area (Å²) < 4.78 is 2.01. The maximum absolute atomic E-state index is 12.5. The minimum Gasteiger partial charge on any atom is -0.325 e. The van der Waals surface area contributed by atoms with E-state index < -0.39 is 0 Å². The standard InChI is InChI=1S/C24H22N4OS/c1-17-11-13-20(14-12-17)25-22(29)16-30-24-27-26-23(19-8-4-3-5-9-19)28(24)21-10-6-7-18(2)15-21/h3-15H,16H2,1-2H3,(H,25,29). The van der Waals surface area contributed by atoms with Gasteiger partial charge in [0.2, 0.25) is 5.91 Å². The summed E-state index contributed by atoms with van der Waals surface area (Å²) >= 11 is 1.37. The number of carbonyl (C=O) groups is 1. The van der Waals surface area contributed by atoms with E-state index in [9.17, 15) is 4.79 Å². The second-order valence-electron chi connectivity index (χ2n) is 7.05. The SMILES string of the molecule is Cc1ccc(NC(=O)CSc2nnc(-c3ccccc3)n2-c2cccc(C)c2)cc1. The molecule has 1 amide bonds. The number of nitrogens with zero attached hydrogens (tertiary/aromatic N) is 3. The van der Waals surface area contributed by atoms with Crippen LogP contribution >= 0.6 is 11.8 Å².